The van der Waals surface area contributed by atoms with E-state index in [-0.39, 0.29) is 28.7 Å². The number of guanidine groups is 1. The molecule has 2 rings (SSSR count). The number of furan rings is 1. The van der Waals surface area contributed by atoms with Gasteiger partial charge in [0, 0.05) is 18.3 Å². The van der Waals surface area contributed by atoms with Crippen molar-refractivity contribution in [1.29, 1.82) is 0 Å². The molecule has 126 valence electrons. The molecule has 1 fully saturated rings. The largest absolute Gasteiger partial charge is 0.466 e. The predicted octanol–water partition coefficient (Wildman–Crippen LogP) is 2.56. The van der Waals surface area contributed by atoms with Crippen LogP contribution in [0.15, 0.2) is 27.8 Å². The molecule has 1 aliphatic rings. The maximum absolute atomic E-state index is 10.4. The summed E-state index contributed by atoms with van der Waals surface area (Å²) in [5, 5.41) is 16.9. The van der Waals surface area contributed by atoms with Gasteiger partial charge in [0.1, 0.15) is 11.4 Å². The molecule has 3 N–H and O–H groups in total. The first-order valence-corrected chi connectivity index (χ1v) is 8.29. The third-order valence-electron chi connectivity index (χ3n) is 3.81. The number of nitrogens with one attached hydrogen (secondary N) is 2. The van der Waals surface area contributed by atoms with Gasteiger partial charge in [-0.15, -0.1) is 24.0 Å². The van der Waals surface area contributed by atoms with Crippen molar-refractivity contribution >= 4 is 41.7 Å². The van der Waals surface area contributed by atoms with E-state index in [1.165, 1.54) is 18.6 Å². The van der Waals surface area contributed by atoms with Crippen molar-refractivity contribution < 1.29 is 9.52 Å². The third kappa shape index (κ3) is 5.34. The zero-order valence-electron chi connectivity index (χ0n) is 13.4. The molecule has 2 heterocycles. The van der Waals surface area contributed by atoms with Gasteiger partial charge < -0.3 is 20.2 Å². The van der Waals surface area contributed by atoms with Crippen LogP contribution in [0.4, 0.5) is 0 Å². The number of thioether (sulfide) groups is 1. The van der Waals surface area contributed by atoms with Crippen molar-refractivity contribution in [2.24, 2.45) is 4.99 Å². The van der Waals surface area contributed by atoms with Crippen LogP contribution < -0.4 is 10.6 Å². The van der Waals surface area contributed by atoms with Crippen LogP contribution in [0.1, 0.15) is 32.4 Å². The minimum Gasteiger partial charge on any atom is -0.466 e. The minimum atomic E-state index is -1.06. The fourth-order valence-electron chi connectivity index (χ4n) is 2.40. The normalized spacial score (nSPS) is 24.5. The van der Waals surface area contributed by atoms with Crippen molar-refractivity contribution in [3.05, 3.63) is 24.2 Å². The summed E-state index contributed by atoms with van der Waals surface area (Å²) >= 11 is 2.01. The van der Waals surface area contributed by atoms with Gasteiger partial charge >= 0.3 is 0 Å². The Morgan fingerprint density at radius 3 is 2.86 bits per heavy atom. The maximum Gasteiger partial charge on any atom is 0.191 e. The van der Waals surface area contributed by atoms with E-state index >= 15 is 0 Å². The van der Waals surface area contributed by atoms with E-state index in [1.807, 2.05) is 11.8 Å². The molecule has 0 radical (unpaired) electrons. The molecular formula is C15H26IN3O2S. The summed E-state index contributed by atoms with van der Waals surface area (Å²) in [6.07, 6.45) is 4.07. The average Bonchev–Trinajstić information content (AvgIpc) is 3.11. The molecule has 0 aromatic carbocycles. The van der Waals surface area contributed by atoms with E-state index in [1.54, 1.807) is 32.4 Å². The molecule has 2 unspecified atom stereocenters. The summed E-state index contributed by atoms with van der Waals surface area (Å²) in [5.74, 6) is 2.48. The topological polar surface area (TPSA) is 69.8 Å². The van der Waals surface area contributed by atoms with Gasteiger partial charge in [0.05, 0.1) is 12.8 Å². The molecule has 0 aliphatic carbocycles. The van der Waals surface area contributed by atoms with E-state index in [0.717, 1.165) is 6.54 Å². The Morgan fingerprint density at radius 1 is 1.55 bits per heavy atom. The first kappa shape index (κ1) is 19.6. The van der Waals surface area contributed by atoms with Crippen LogP contribution >= 0.6 is 35.7 Å². The molecule has 1 saturated heterocycles. The van der Waals surface area contributed by atoms with Gasteiger partial charge in [0.2, 0.25) is 0 Å². The quantitative estimate of drug-likeness (QED) is 0.374. The summed E-state index contributed by atoms with van der Waals surface area (Å²) < 4.78 is 5.55. The van der Waals surface area contributed by atoms with E-state index in [4.69, 9.17) is 4.42 Å². The number of aliphatic hydroxyl groups is 1. The van der Waals surface area contributed by atoms with Gasteiger partial charge in [-0.05, 0) is 44.6 Å². The summed E-state index contributed by atoms with van der Waals surface area (Å²) in [6.45, 7) is 5.22. The number of rotatable bonds is 5. The Labute approximate surface area is 153 Å². The second-order valence-electron chi connectivity index (χ2n) is 5.93. The molecule has 0 bridgehead atoms. The Hall–Kier alpha value is -0.410. The van der Waals surface area contributed by atoms with Crippen LogP contribution in [0.25, 0.3) is 0 Å². The molecular weight excluding hydrogens is 413 g/mol. The van der Waals surface area contributed by atoms with Gasteiger partial charge in [-0.1, -0.05) is 0 Å². The van der Waals surface area contributed by atoms with Crippen LogP contribution in [0.3, 0.4) is 0 Å². The zero-order valence-corrected chi connectivity index (χ0v) is 16.5. The highest BCUT2D eigenvalue weighted by Gasteiger charge is 2.30. The number of halogens is 1. The van der Waals surface area contributed by atoms with Crippen molar-refractivity contribution in [3.63, 3.8) is 0 Å². The summed E-state index contributed by atoms with van der Waals surface area (Å²) in [5.41, 5.74) is -1.06. The maximum atomic E-state index is 10.4. The summed E-state index contributed by atoms with van der Waals surface area (Å²) in [4.78, 5) is 4.21. The zero-order chi connectivity index (χ0) is 15.3. The first-order valence-electron chi connectivity index (χ1n) is 7.30. The average molecular weight is 439 g/mol. The standard InChI is InChI=1S/C15H25N3O2S.HI/c1-14(7-5-9-21-14)10-17-13(16-3)18-11-15(2,19)12-6-4-8-20-12;/h4,6,8,19H,5,7,9-11H2,1-3H3,(H2,16,17,18);1H. The van der Waals surface area contributed by atoms with Crippen molar-refractivity contribution in [2.75, 3.05) is 25.9 Å². The molecule has 0 saturated carbocycles. The summed E-state index contributed by atoms with van der Waals surface area (Å²) in [6, 6.07) is 3.54. The lowest BCUT2D eigenvalue weighted by Gasteiger charge is -2.26. The number of aliphatic imine (C=N–C) groups is 1. The Bertz CT molecular complexity index is 471. The van der Waals surface area contributed by atoms with Crippen LogP contribution in [-0.2, 0) is 5.60 Å². The minimum absolute atomic E-state index is 0. The molecule has 0 amide bonds. The van der Waals surface area contributed by atoms with E-state index in [9.17, 15) is 5.11 Å². The second-order valence-corrected chi connectivity index (χ2v) is 7.61. The van der Waals surface area contributed by atoms with E-state index in [0.29, 0.717) is 18.3 Å². The predicted molar refractivity (Wildman–Crippen MR) is 103 cm³/mol. The molecule has 7 heteroatoms. The lowest BCUT2D eigenvalue weighted by atomic mass is 10.0. The van der Waals surface area contributed by atoms with E-state index in [2.05, 4.69) is 22.5 Å². The molecule has 1 aromatic rings. The number of hydrogen-bond donors (Lipinski definition) is 3. The lowest BCUT2D eigenvalue weighted by Crippen LogP contribution is -2.47. The Balaban J connectivity index is 0.00000242. The fraction of sp³-hybridized carbons (Fsp3) is 0.667. The lowest BCUT2D eigenvalue weighted by molar-refractivity contribution is 0.0386. The highest BCUT2D eigenvalue weighted by atomic mass is 127. The number of nitrogens with zero attached hydrogens (tertiary/aromatic N) is 1. The SMILES string of the molecule is CN=C(NCC1(C)CCCS1)NCC(C)(O)c1ccco1.I. The van der Waals surface area contributed by atoms with Gasteiger partial charge in [0.25, 0.3) is 0 Å². The van der Waals surface area contributed by atoms with Crippen molar-refractivity contribution in [2.45, 2.75) is 37.0 Å². The first-order chi connectivity index (χ1) is 9.95. The Morgan fingerprint density at radius 2 is 2.32 bits per heavy atom. The second kappa shape index (κ2) is 8.44. The molecule has 1 aliphatic heterocycles. The fourth-order valence-corrected chi connectivity index (χ4v) is 3.64. The molecule has 1 aromatic heterocycles. The smallest absolute Gasteiger partial charge is 0.191 e. The molecule has 2 atom stereocenters. The molecule has 0 spiro atoms. The van der Waals surface area contributed by atoms with E-state index < -0.39 is 5.60 Å². The Kier molecular flexibility index (Phi) is 7.54. The summed E-state index contributed by atoms with van der Waals surface area (Å²) in [7, 11) is 1.74. The van der Waals surface area contributed by atoms with Crippen LogP contribution in [-0.4, -0.2) is 41.7 Å². The van der Waals surface area contributed by atoms with Crippen molar-refractivity contribution in [3.8, 4) is 0 Å². The van der Waals surface area contributed by atoms with Crippen LogP contribution in [0, 0.1) is 0 Å². The highest BCUT2D eigenvalue weighted by Crippen LogP contribution is 2.36. The van der Waals surface area contributed by atoms with Crippen molar-refractivity contribution in [1.82, 2.24) is 10.6 Å². The monoisotopic (exact) mass is 439 g/mol. The number of hydrogen-bond acceptors (Lipinski definition) is 4. The van der Waals surface area contributed by atoms with Gasteiger partial charge in [-0.3, -0.25) is 4.99 Å². The molecule has 22 heavy (non-hydrogen) atoms. The van der Waals surface area contributed by atoms with Crippen LogP contribution in [0.5, 0.6) is 0 Å². The molecule has 5 nitrogen and oxygen atoms in total. The van der Waals surface area contributed by atoms with Gasteiger partial charge in [-0.25, -0.2) is 0 Å². The van der Waals surface area contributed by atoms with Gasteiger partial charge in [0.15, 0.2) is 5.96 Å². The van der Waals surface area contributed by atoms with Gasteiger partial charge in [-0.2, -0.15) is 11.8 Å². The third-order valence-corrected chi connectivity index (χ3v) is 5.34. The van der Waals surface area contributed by atoms with Crippen LogP contribution in [0.2, 0.25) is 0 Å². The highest BCUT2D eigenvalue weighted by molar-refractivity contribution is 14.0.